The van der Waals surface area contributed by atoms with Gasteiger partial charge in [0.2, 0.25) is 0 Å². The number of aliphatic hydroxyl groups is 1. The zero-order valence-electron chi connectivity index (χ0n) is 20.5. The molecular weight excluding hydrogens is 494 g/mol. The summed E-state index contributed by atoms with van der Waals surface area (Å²) in [6, 6.07) is 12.7. The van der Waals surface area contributed by atoms with Crippen LogP contribution in [0.1, 0.15) is 22.9 Å². The number of ketones is 1. The quantitative estimate of drug-likeness (QED) is 0.224. The second-order valence-corrected chi connectivity index (χ2v) is 9.29. The Hall–Kier alpha value is -4.44. The Kier molecular flexibility index (Phi) is 6.26. The molecule has 4 aromatic rings. The fourth-order valence-electron chi connectivity index (χ4n) is 4.36. The van der Waals surface area contributed by atoms with Gasteiger partial charge in [-0.2, -0.15) is 0 Å². The van der Waals surface area contributed by atoms with Gasteiger partial charge in [-0.05, 0) is 55.0 Å². The molecule has 1 saturated heterocycles. The number of hydrogen-bond acceptors (Lipinski definition) is 9. The third-order valence-electron chi connectivity index (χ3n) is 6.17. The van der Waals surface area contributed by atoms with Crippen LogP contribution in [-0.2, 0) is 9.59 Å². The van der Waals surface area contributed by atoms with Crippen LogP contribution in [-0.4, -0.2) is 48.1 Å². The van der Waals surface area contributed by atoms with Crippen LogP contribution in [0.25, 0.3) is 16.0 Å². The summed E-state index contributed by atoms with van der Waals surface area (Å²) in [5.41, 5.74) is 2.17. The number of Topliss-reactive ketones (excluding diaryl/α,β-unsaturated/α-hetero) is 1. The van der Waals surface area contributed by atoms with Crippen LogP contribution in [0.15, 0.2) is 60.3 Å². The Morgan fingerprint density at radius 1 is 0.973 bits per heavy atom. The fourth-order valence-corrected chi connectivity index (χ4v) is 5.36. The third-order valence-corrected chi connectivity index (χ3v) is 7.19. The Balaban J connectivity index is 1.71. The number of methoxy groups -OCH3 is 3. The van der Waals surface area contributed by atoms with Gasteiger partial charge in [0.05, 0.1) is 42.8 Å². The molecule has 3 heterocycles. The summed E-state index contributed by atoms with van der Waals surface area (Å²) in [5, 5.41) is 11.7. The number of anilines is 1. The molecule has 37 heavy (non-hydrogen) atoms. The summed E-state index contributed by atoms with van der Waals surface area (Å²) in [6.45, 7) is 1.90. The number of carbonyl (C=O) groups excluding carboxylic acids is 2. The average molecular weight is 518 g/mol. The zero-order chi connectivity index (χ0) is 26.3. The van der Waals surface area contributed by atoms with Gasteiger partial charge in [0.15, 0.2) is 16.6 Å². The maximum atomic E-state index is 13.4. The molecular formula is C27H23N3O6S. The highest BCUT2D eigenvalue weighted by Crippen LogP contribution is 2.45. The number of fused-ring (bicyclic) bond motifs is 1. The lowest BCUT2D eigenvalue weighted by molar-refractivity contribution is -0.132. The number of benzene rings is 2. The van der Waals surface area contributed by atoms with Crippen molar-refractivity contribution in [3.8, 4) is 17.2 Å². The predicted octanol–water partition coefficient (Wildman–Crippen LogP) is 4.65. The standard InChI is InChI=1S/C27H23N3O6S/c1-14-11-17-21(13-19(14)35-3)37-27(29-17)30-23(16-7-5-6-10-28-16)22(25(32)26(30)33)24(31)15-8-9-18(34-2)20(12-15)36-4/h5-13,23,31H,1-4H3/b24-22+. The van der Waals surface area contributed by atoms with Gasteiger partial charge in [0.1, 0.15) is 17.6 Å². The highest BCUT2D eigenvalue weighted by Gasteiger charge is 2.49. The summed E-state index contributed by atoms with van der Waals surface area (Å²) in [6.07, 6.45) is 1.57. The number of aryl methyl sites for hydroxylation is 1. The van der Waals surface area contributed by atoms with E-state index in [0.29, 0.717) is 39.2 Å². The molecule has 0 radical (unpaired) electrons. The van der Waals surface area contributed by atoms with E-state index in [2.05, 4.69) is 9.97 Å². The molecule has 2 aromatic carbocycles. The van der Waals surface area contributed by atoms with Crippen molar-refractivity contribution >= 4 is 44.1 Å². The maximum absolute atomic E-state index is 13.4. The van der Waals surface area contributed by atoms with E-state index in [-0.39, 0.29) is 11.3 Å². The Morgan fingerprint density at radius 2 is 1.73 bits per heavy atom. The largest absolute Gasteiger partial charge is 0.507 e. The van der Waals surface area contributed by atoms with Gasteiger partial charge in [-0.1, -0.05) is 17.4 Å². The van der Waals surface area contributed by atoms with Crippen LogP contribution in [0.5, 0.6) is 17.2 Å². The zero-order valence-corrected chi connectivity index (χ0v) is 21.3. The molecule has 1 aliphatic rings. The van der Waals surface area contributed by atoms with Crippen molar-refractivity contribution in [2.24, 2.45) is 0 Å². The van der Waals surface area contributed by atoms with Gasteiger partial charge in [0, 0.05) is 11.8 Å². The summed E-state index contributed by atoms with van der Waals surface area (Å²) < 4.78 is 16.8. The van der Waals surface area contributed by atoms with Crippen molar-refractivity contribution in [3.63, 3.8) is 0 Å². The molecule has 0 spiro atoms. The summed E-state index contributed by atoms with van der Waals surface area (Å²) >= 11 is 1.25. The van der Waals surface area contributed by atoms with Crippen LogP contribution in [0.4, 0.5) is 5.13 Å². The van der Waals surface area contributed by atoms with Crippen molar-refractivity contribution in [3.05, 3.63) is 77.1 Å². The lowest BCUT2D eigenvalue weighted by Gasteiger charge is -2.22. The average Bonchev–Trinajstić information content (AvgIpc) is 3.44. The normalized spacial score (nSPS) is 16.9. The van der Waals surface area contributed by atoms with Crippen molar-refractivity contribution < 1.29 is 28.9 Å². The molecule has 1 unspecified atom stereocenters. The van der Waals surface area contributed by atoms with Gasteiger partial charge in [0.25, 0.3) is 5.78 Å². The first-order chi connectivity index (χ1) is 17.9. The number of aromatic nitrogens is 2. The number of hydrogen-bond donors (Lipinski definition) is 1. The minimum absolute atomic E-state index is 0.0936. The number of pyridine rings is 1. The highest BCUT2D eigenvalue weighted by atomic mass is 32.1. The van der Waals surface area contributed by atoms with E-state index in [1.807, 2.05) is 19.1 Å². The molecule has 0 bridgehead atoms. The number of carbonyl (C=O) groups is 2. The molecule has 1 amide bonds. The van der Waals surface area contributed by atoms with Gasteiger partial charge in [-0.3, -0.25) is 19.5 Å². The molecule has 1 aliphatic heterocycles. The molecule has 1 N–H and O–H groups in total. The van der Waals surface area contributed by atoms with E-state index in [4.69, 9.17) is 14.2 Å². The van der Waals surface area contributed by atoms with Crippen molar-refractivity contribution in [1.82, 2.24) is 9.97 Å². The first kappa shape index (κ1) is 24.3. The van der Waals surface area contributed by atoms with Crippen LogP contribution in [0, 0.1) is 6.92 Å². The lowest BCUT2D eigenvalue weighted by atomic mass is 9.98. The molecule has 9 nitrogen and oxygen atoms in total. The Labute approximate surface area is 216 Å². The van der Waals surface area contributed by atoms with Gasteiger partial charge >= 0.3 is 5.91 Å². The summed E-state index contributed by atoms with van der Waals surface area (Å²) in [7, 11) is 4.56. The minimum atomic E-state index is -0.988. The predicted molar refractivity (Wildman–Crippen MR) is 139 cm³/mol. The summed E-state index contributed by atoms with van der Waals surface area (Å²) in [5.74, 6) is -0.474. The second kappa shape index (κ2) is 9.55. The SMILES string of the molecule is COc1cc2sc(N3C(=O)C(=O)/C(=C(/O)c4ccc(OC)c(OC)c4)C3c3ccccn3)nc2cc1C. The third kappa shape index (κ3) is 4.05. The van der Waals surface area contributed by atoms with Gasteiger partial charge in [-0.25, -0.2) is 4.98 Å². The minimum Gasteiger partial charge on any atom is -0.507 e. The van der Waals surface area contributed by atoms with Gasteiger partial charge < -0.3 is 19.3 Å². The molecule has 10 heteroatoms. The number of amides is 1. The van der Waals surface area contributed by atoms with Crippen molar-refractivity contribution in [2.45, 2.75) is 13.0 Å². The molecule has 188 valence electrons. The van der Waals surface area contributed by atoms with Crippen molar-refractivity contribution in [1.29, 1.82) is 0 Å². The molecule has 1 atom stereocenters. The van der Waals surface area contributed by atoms with E-state index in [1.54, 1.807) is 49.7 Å². The monoisotopic (exact) mass is 517 g/mol. The summed E-state index contributed by atoms with van der Waals surface area (Å²) in [4.78, 5) is 37.2. The number of ether oxygens (including phenoxy) is 3. The Morgan fingerprint density at radius 3 is 2.41 bits per heavy atom. The van der Waals surface area contributed by atoms with Crippen LogP contribution in [0.3, 0.4) is 0 Å². The first-order valence-corrected chi connectivity index (χ1v) is 12.1. The first-order valence-electron chi connectivity index (χ1n) is 11.3. The molecule has 2 aromatic heterocycles. The number of thiazole rings is 1. The van der Waals surface area contributed by atoms with E-state index < -0.39 is 17.7 Å². The van der Waals surface area contributed by atoms with E-state index in [9.17, 15) is 14.7 Å². The van der Waals surface area contributed by atoms with E-state index in [0.717, 1.165) is 10.3 Å². The smallest absolute Gasteiger partial charge is 0.301 e. The van der Waals surface area contributed by atoms with E-state index >= 15 is 0 Å². The molecule has 0 aliphatic carbocycles. The number of aliphatic hydroxyl groups excluding tert-OH is 1. The van der Waals surface area contributed by atoms with Crippen LogP contribution in [0.2, 0.25) is 0 Å². The topological polar surface area (TPSA) is 111 Å². The fraction of sp³-hybridized carbons (Fsp3) is 0.185. The van der Waals surface area contributed by atoms with Crippen molar-refractivity contribution in [2.75, 3.05) is 26.2 Å². The molecule has 1 fully saturated rings. The second-order valence-electron chi connectivity index (χ2n) is 8.28. The van der Waals surface area contributed by atoms with E-state index in [1.165, 1.54) is 30.5 Å². The highest BCUT2D eigenvalue weighted by molar-refractivity contribution is 7.22. The van der Waals surface area contributed by atoms with Crippen LogP contribution < -0.4 is 19.1 Å². The lowest BCUT2D eigenvalue weighted by Crippen LogP contribution is -2.29. The van der Waals surface area contributed by atoms with Crippen LogP contribution >= 0.6 is 11.3 Å². The molecule has 0 saturated carbocycles. The maximum Gasteiger partial charge on any atom is 0.301 e. The number of nitrogens with zero attached hydrogens (tertiary/aromatic N) is 3. The van der Waals surface area contributed by atoms with Gasteiger partial charge in [-0.15, -0.1) is 0 Å². The molecule has 5 rings (SSSR count). The number of rotatable bonds is 6. The Bertz CT molecular complexity index is 1560.